The van der Waals surface area contributed by atoms with Crippen LogP contribution in [0.3, 0.4) is 0 Å². The minimum atomic E-state index is -0.788. The summed E-state index contributed by atoms with van der Waals surface area (Å²) in [6.07, 6.45) is -1.56. The molecule has 1 rings (SSSR count). The highest BCUT2D eigenvalue weighted by molar-refractivity contribution is 5.89. The lowest BCUT2D eigenvalue weighted by Crippen LogP contribution is -2.43. The molecule has 1 aliphatic heterocycles. The second kappa shape index (κ2) is 4.06. The Morgan fingerprint density at radius 3 is 2.73 bits per heavy atom. The average Bonchev–Trinajstić information content (AvgIpc) is 2.43. The van der Waals surface area contributed by atoms with Gasteiger partial charge >= 0.3 is 12.2 Å². The molecule has 0 unspecified atom stereocenters. The summed E-state index contributed by atoms with van der Waals surface area (Å²) < 4.78 is 9.63. The van der Waals surface area contributed by atoms with Crippen molar-refractivity contribution in [2.45, 2.75) is 32.4 Å². The van der Waals surface area contributed by atoms with E-state index in [0.717, 1.165) is 4.90 Å². The van der Waals surface area contributed by atoms with Crippen LogP contribution in [-0.2, 0) is 9.47 Å². The Morgan fingerprint density at radius 1 is 1.67 bits per heavy atom. The van der Waals surface area contributed by atoms with E-state index in [9.17, 15) is 9.59 Å². The van der Waals surface area contributed by atoms with Crippen molar-refractivity contribution in [2.75, 3.05) is 13.2 Å². The third kappa shape index (κ3) is 2.82. The number of carbonyl (C=O) groups is 2. The van der Waals surface area contributed by atoms with Crippen molar-refractivity contribution >= 4 is 12.2 Å². The van der Waals surface area contributed by atoms with Crippen LogP contribution in [0.4, 0.5) is 9.59 Å². The molecule has 86 valence electrons. The van der Waals surface area contributed by atoms with Crippen molar-refractivity contribution in [3.63, 3.8) is 0 Å². The zero-order valence-corrected chi connectivity index (χ0v) is 9.02. The summed E-state index contributed by atoms with van der Waals surface area (Å²) in [6, 6.07) is -0.646. The summed E-state index contributed by atoms with van der Waals surface area (Å²) in [5, 5.41) is 8.92. The molecular weight excluding hydrogens is 202 g/mol. The highest BCUT2D eigenvalue weighted by Crippen LogP contribution is 2.17. The van der Waals surface area contributed by atoms with E-state index in [4.69, 9.17) is 9.84 Å². The molecule has 1 heterocycles. The fourth-order valence-electron chi connectivity index (χ4n) is 1.13. The maximum atomic E-state index is 11.5. The standard InChI is InChI=1S/C9H15NO5/c1-9(2,3)15-8(13)10-6(4-11)5-14-7(10)12/h6,11H,4-5H2,1-3H3/t6-/m1/s1. The Morgan fingerprint density at radius 2 is 2.27 bits per heavy atom. The van der Waals surface area contributed by atoms with E-state index >= 15 is 0 Å². The maximum absolute atomic E-state index is 11.5. The van der Waals surface area contributed by atoms with Crippen LogP contribution in [0.25, 0.3) is 0 Å². The van der Waals surface area contributed by atoms with Crippen LogP contribution in [0.15, 0.2) is 0 Å². The molecule has 1 fully saturated rings. The highest BCUT2D eigenvalue weighted by atomic mass is 16.6. The third-order valence-electron chi connectivity index (χ3n) is 1.76. The zero-order chi connectivity index (χ0) is 11.6. The minimum absolute atomic E-state index is 0.00851. The quantitative estimate of drug-likeness (QED) is 0.700. The molecule has 0 aromatic heterocycles. The molecule has 1 aliphatic rings. The molecule has 6 heteroatoms. The molecule has 0 aromatic rings. The van der Waals surface area contributed by atoms with Gasteiger partial charge in [0.05, 0.1) is 6.61 Å². The number of cyclic esters (lactones) is 1. The maximum Gasteiger partial charge on any atom is 0.420 e. The van der Waals surface area contributed by atoms with E-state index < -0.39 is 23.8 Å². The predicted molar refractivity (Wildman–Crippen MR) is 50.3 cm³/mol. The smallest absolute Gasteiger partial charge is 0.420 e. The Balaban J connectivity index is 2.69. The molecule has 2 amide bonds. The van der Waals surface area contributed by atoms with Gasteiger partial charge in [0.2, 0.25) is 0 Å². The molecule has 0 spiro atoms. The van der Waals surface area contributed by atoms with E-state index in [-0.39, 0.29) is 13.2 Å². The summed E-state index contributed by atoms with van der Waals surface area (Å²) in [7, 11) is 0. The molecule has 0 saturated carbocycles. The van der Waals surface area contributed by atoms with Crippen LogP contribution >= 0.6 is 0 Å². The van der Waals surface area contributed by atoms with Gasteiger partial charge in [-0.3, -0.25) is 0 Å². The Bertz CT molecular complexity index is 270. The van der Waals surface area contributed by atoms with Gasteiger partial charge in [0, 0.05) is 0 Å². The average molecular weight is 217 g/mol. The number of aliphatic hydroxyl groups excluding tert-OH is 1. The van der Waals surface area contributed by atoms with Crippen LogP contribution in [0.1, 0.15) is 20.8 Å². The van der Waals surface area contributed by atoms with E-state index in [2.05, 4.69) is 4.74 Å². The zero-order valence-electron chi connectivity index (χ0n) is 9.02. The third-order valence-corrected chi connectivity index (χ3v) is 1.76. The van der Waals surface area contributed by atoms with Gasteiger partial charge in [0.15, 0.2) is 0 Å². The number of aliphatic hydroxyl groups is 1. The van der Waals surface area contributed by atoms with E-state index in [0.29, 0.717) is 0 Å². The SMILES string of the molecule is CC(C)(C)OC(=O)N1C(=O)OC[C@H]1CO. The van der Waals surface area contributed by atoms with Gasteiger partial charge in [-0.2, -0.15) is 0 Å². The fraction of sp³-hybridized carbons (Fsp3) is 0.778. The molecule has 1 atom stereocenters. The highest BCUT2D eigenvalue weighted by Gasteiger charge is 2.40. The van der Waals surface area contributed by atoms with Crippen LogP contribution in [0.5, 0.6) is 0 Å². The van der Waals surface area contributed by atoms with Crippen LogP contribution in [0.2, 0.25) is 0 Å². The molecule has 0 aliphatic carbocycles. The fourth-order valence-corrected chi connectivity index (χ4v) is 1.13. The van der Waals surface area contributed by atoms with Gasteiger partial charge in [-0.1, -0.05) is 0 Å². The van der Waals surface area contributed by atoms with Gasteiger partial charge in [-0.05, 0) is 20.8 Å². The second-order valence-electron chi connectivity index (χ2n) is 4.26. The minimum Gasteiger partial charge on any atom is -0.447 e. The van der Waals surface area contributed by atoms with E-state index in [1.165, 1.54) is 0 Å². The molecule has 1 N–H and O–H groups in total. The number of nitrogens with zero attached hydrogens (tertiary/aromatic N) is 1. The van der Waals surface area contributed by atoms with Crippen molar-refractivity contribution in [1.82, 2.24) is 4.90 Å². The predicted octanol–water partition coefficient (Wildman–Crippen LogP) is 0.735. The summed E-state index contributed by atoms with van der Waals surface area (Å²) in [4.78, 5) is 23.5. The summed E-state index contributed by atoms with van der Waals surface area (Å²) in [5.41, 5.74) is -0.681. The van der Waals surface area contributed by atoms with Crippen LogP contribution in [0, 0.1) is 0 Å². The van der Waals surface area contributed by atoms with Crippen molar-refractivity contribution in [1.29, 1.82) is 0 Å². The number of carbonyl (C=O) groups excluding carboxylic acids is 2. The Hall–Kier alpha value is -1.30. The molecular formula is C9H15NO5. The van der Waals surface area contributed by atoms with Crippen molar-refractivity contribution in [2.24, 2.45) is 0 Å². The van der Waals surface area contributed by atoms with Crippen molar-refractivity contribution in [3.8, 4) is 0 Å². The number of hydrogen-bond donors (Lipinski definition) is 1. The molecule has 15 heavy (non-hydrogen) atoms. The molecule has 0 bridgehead atoms. The summed E-state index contributed by atoms with van der Waals surface area (Å²) in [5.74, 6) is 0. The van der Waals surface area contributed by atoms with E-state index in [1.54, 1.807) is 20.8 Å². The Kier molecular flexibility index (Phi) is 3.18. The van der Waals surface area contributed by atoms with Crippen molar-refractivity contribution < 1.29 is 24.2 Å². The first-order chi connectivity index (χ1) is 6.85. The monoisotopic (exact) mass is 217 g/mol. The lowest BCUT2D eigenvalue weighted by Gasteiger charge is -2.24. The topological polar surface area (TPSA) is 76.1 Å². The molecule has 6 nitrogen and oxygen atoms in total. The first kappa shape index (κ1) is 11.8. The summed E-state index contributed by atoms with van der Waals surface area (Å²) >= 11 is 0. The van der Waals surface area contributed by atoms with Gasteiger partial charge in [0.1, 0.15) is 18.2 Å². The van der Waals surface area contributed by atoms with Crippen LogP contribution < -0.4 is 0 Å². The first-order valence-corrected chi connectivity index (χ1v) is 4.65. The Labute approximate surface area is 87.8 Å². The van der Waals surface area contributed by atoms with Gasteiger partial charge in [-0.15, -0.1) is 0 Å². The number of rotatable bonds is 1. The largest absolute Gasteiger partial charge is 0.447 e. The first-order valence-electron chi connectivity index (χ1n) is 4.65. The number of hydrogen-bond acceptors (Lipinski definition) is 5. The van der Waals surface area contributed by atoms with Gasteiger partial charge in [0.25, 0.3) is 0 Å². The summed E-state index contributed by atoms with van der Waals surface area (Å²) in [6.45, 7) is 4.76. The molecule has 0 aromatic carbocycles. The van der Waals surface area contributed by atoms with Crippen molar-refractivity contribution in [3.05, 3.63) is 0 Å². The number of imide groups is 1. The normalized spacial score (nSPS) is 21.5. The van der Waals surface area contributed by atoms with Gasteiger partial charge < -0.3 is 14.6 Å². The second-order valence-corrected chi connectivity index (χ2v) is 4.26. The lowest BCUT2D eigenvalue weighted by molar-refractivity contribution is 0.0254. The van der Waals surface area contributed by atoms with E-state index in [1.807, 2.05) is 0 Å². The number of ether oxygens (including phenoxy) is 2. The molecule has 1 saturated heterocycles. The molecule has 0 radical (unpaired) electrons. The van der Waals surface area contributed by atoms with Crippen LogP contribution in [-0.4, -0.2) is 47.0 Å². The van der Waals surface area contributed by atoms with Gasteiger partial charge in [-0.25, -0.2) is 14.5 Å². The number of amides is 2. The lowest BCUT2D eigenvalue weighted by atomic mass is 10.2.